The lowest BCUT2D eigenvalue weighted by molar-refractivity contribution is -0.144. The van der Waals surface area contributed by atoms with E-state index in [1.807, 2.05) is 12.1 Å². The minimum Gasteiger partial charge on any atom is -0.511 e. The van der Waals surface area contributed by atoms with Gasteiger partial charge >= 0.3 is 0 Å². The smallest absolute Gasteiger partial charge is 0.255 e. The Labute approximate surface area is 247 Å². The first-order chi connectivity index (χ1) is 20.5. The second-order valence-electron chi connectivity index (χ2n) is 11.9. The number of primary amides is 1. The van der Waals surface area contributed by atoms with Crippen molar-refractivity contribution in [2.45, 2.75) is 44.1 Å². The first kappa shape index (κ1) is 28.6. The number of Topliss-reactive ketones (excluding diaryl/α,β-unsaturated/α-hetero) is 2. The highest BCUT2D eigenvalue weighted by molar-refractivity contribution is 6.24. The van der Waals surface area contributed by atoms with Gasteiger partial charge in [0.1, 0.15) is 22.8 Å². The van der Waals surface area contributed by atoms with Gasteiger partial charge in [-0.15, -0.1) is 0 Å². The fraction of sp³-hybridized carbons (Fsp3) is 0.375. The third kappa shape index (κ3) is 4.68. The Bertz CT molecular complexity index is 1620. The van der Waals surface area contributed by atoms with E-state index < -0.39 is 52.0 Å². The summed E-state index contributed by atoms with van der Waals surface area (Å²) in [6.45, 7) is 2.16. The van der Waals surface area contributed by atoms with Gasteiger partial charge in [-0.3, -0.25) is 24.1 Å². The van der Waals surface area contributed by atoms with Gasteiger partial charge in [-0.1, -0.05) is 24.6 Å². The number of carbonyl (C=O) groups is 4. The summed E-state index contributed by atoms with van der Waals surface area (Å²) >= 11 is 0. The van der Waals surface area contributed by atoms with E-state index in [0.717, 1.165) is 31.5 Å². The van der Waals surface area contributed by atoms with Gasteiger partial charge in [-0.05, 0) is 79.6 Å². The fourth-order valence-corrected chi connectivity index (χ4v) is 7.14. The molecule has 11 nitrogen and oxygen atoms in total. The number of amides is 2. The van der Waals surface area contributed by atoms with Gasteiger partial charge in [-0.25, -0.2) is 0 Å². The molecule has 0 radical (unpaired) electrons. The number of hydrogen-bond donors (Lipinski definition) is 6. The Hall–Kier alpha value is -4.48. The van der Waals surface area contributed by atoms with Crippen molar-refractivity contribution in [3.63, 3.8) is 0 Å². The zero-order valence-electron chi connectivity index (χ0n) is 23.4. The van der Waals surface area contributed by atoms with Gasteiger partial charge in [0.15, 0.2) is 11.4 Å². The van der Waals surface area contributed by atoms with Gasteiger partial charge in [0.25, 0.3) is 5.91 Å². The van der Waals surface area contributed by atoms with E-state index in [9.17, 15) is 39.6 Å². The number of allylic oxidation sites excluding steroid dienone is 2. The Morgan fingerprint density at radius 3 is 2.35 bits per heavy atom. The minimum atomic E-state index is -2.60. The molecule has 0 bridgehead atoms. The van der Waals surface area contributed by atoms with Crippen LogP contribution in [0, 0.1) is 11.8 Å². The summed E-state index contributed by atoms with van der Waals surface area (Å²) in [6.07, 6.45) is 3.34. The molecule has 3 aliphatic carbocycles. The number of anilines is 1. The van der Waals surface area contributed by atoms with Crippen LogP contribution < -0.4 is 11.1 Å². The molecule has 2 amide bonds. The number of aliphatic hydroxyl groups is 3. The second kappa shape index (κ2) is 10.7. The molecule has 4 aliphatic rings. The van der Waals surface area contributed by atoms with E-state index in [0.29, 0.717) is 23.4 Å². The molecule has 6 rings (SSSR count). The predicted molar refractivity (Wildman–Crippen MR) is 155 cm³/mol. The van der Waals surface area contributed by atoms with E-state index in [2.05, 4.69) is 10.2 Å². The number of nitrogens with one attached hydrogen (secondary N) is 1. The number of likely N-dealkylation sites (tertiary alicyclic amines) is 1. The van der Waals surface area contributed by atoms with Crippen molar-refractivity contribution in [3.05, 3.63) is 70.2 Å². The lowest BCUT2D eigenvalue weighted by Gasteiger charge is -2.45. The lowest BCUT2D eigenvalue weighted by Crippen LogP contribution is -2.57. The van der Waals surface area contributed by atoms with Gasteiger partial charge in [0.05, 0.1) is 12.1 Å². The summed E-state index contributed by atoms with van der Waals surface area (Å²) < 4.78 is 0. The third-order valence-electron chi connectivity index (χ3n) is 9.24. The maximum Gasteiger partial charge on any atom is 0.255 e. The number of aromatic hydroxyl groups is 1. The number of carbonyl (C=O) groups excluding carboxylic acids is 4. The molecule has 7 N–H and O–H groups in total. The number of rotatable bonds is 5. The fourth-order valence-electron chi connectivity index (χ4n) is 7.14. The molecule has 0 saturated carbocycles. The number of phenols is 1. The van der Waals surface area contributed by atoms with Gasteiger partial charge < -0.3 is 31.5 Å². The molecule has 1 aliphatic heterocycles. The lowest BCUT2D eigenvalue weighted by atomic mass is 9.60. The Kier molecular flexibility index (Phi) is 7.10. The molecule has 3 atom stereocenters. The maximum atomic E-state index is 13.8. The molecule has 1 fully saturated rings. The first-order valence-electron chi connectivity index (χ1n) is 14.5. The molecule has 43 heavy (non-hydrogen) atoms. The summed E-state index contributed by atoms with van der Waals surface area (Å²) in [7, 11) is 0. The summed E-state index contributed by atoms with van der Waals surface area (Å²) in [4.78, 5) is 53.4. The van der Waals surface area contributed by atoms with Crippen LogP contribution in [-0.4, -0.2) is 73.9 Å². The largest absolute Gasteiger partial charge is 0.511 e. The van der Waals surface area contributed by atoms with E-state index in [4.69, 9.17) is 5.73 Å². The molecule has 0 unspecified atom stereocenters. The molecule has 2 aromatic carbocycles. The molecule has 0 aromatic heterocycles. The zero-order valence-corrected chi connectivity index (χ0v) is 23.4. The van der Waals surface area contributed by atoms with E-state index >= 15 is 0 Å². The summed E-state index contributed by atoms with van der Waals surface area (Å²) in [6, 6.07) is 10.2. The SMILES string of the molecule is NC(=O)C1=C(O)C[C@@H]2C[C@@H]3Cc4c(-c5ccc(NC(=O)CN6CCCCC6)cc5)ccc(O)c4C(=O)C3=C(O)[C@]2(O)C1=O. The number of benzene rings is 2. The third-order valence-corrected chi connectivity index (χ3v) is 9.24. The van der Waals surface area contributed by atoms with Crippen LogP contribution in [-0.2, 0) is 20.8 Å². The quantitative estimate of drug-likeness (QED) is 0.286. The number of piperidine rings is 1. The van der Waals surface area contributed by atoms with Crippen molar-refractivity contribution in [2.24, 2.45) is 17.6 Å². The molecular weight excluding hydrogens is 554 g/mol. The predicted octanol–water partition coefficient (Wildman–Crippen LogP) is 2.67. The molecule has 0 spiro atoms. The molecule has 11 heteroatoms. The van der Waals surface area contributed by atoms with Gasteiger partial charge in [-0.2, -0.15) is 0 Å². The number of nitrogens with two attached hydrogens (primary N) is 1. The van der Waals surface area contributed by atoms with E-state index in [-0.39, 0.29) is 42.1 Å². The average molecular weight is 588 g/mol. The number of phenolic OH excluding ortho intramolecular Hbond substituents is 1. The van der Waals surface area contributed by atoms with Crippen LogP contribution in [0.2, 0.25) is 0 Å². The normalized spacial score (nSPS) is 25.6. The van der Waals surface area contributed by atoms with Gasteiger partial charge in [0, 0.05) is 23.6 Å². The minimum absolute atomic E-state index is 0.0481. The van der Waals surface area contributed by atoms with E-state index in [1.165, 1.54) is 12.5 Å². The summed E-state index contributed by atoms with van der Waals surface area (Å²) in [5, 5.41) is 46.6. The molecule has 224 valence electrons. The standard InChI is InChI=1S/C32H33N3O8/c33-31(42)27-23(37)14-18-12-17-13-21-20(8-9-22(36)26(21)28(39)25(17)29(40)32(18,43)30(27)41)16-4-6-19(7-5-16)34-24(38)15-35-10-2-1-3-11-35/h4-9,17-18,36-37,40,43H,1-3,10-15H2,(H2,33,42)(H,34,38)/t17-,18+,32+/m1/s1. The number of hydrogen-bond acceptors (Lipinski definition) is 9. The van der Waals surface area contributed by atoms with Crippen molar-refractivity contribution in [2.75, 3.05) is 25.0 Å². The first-order valence-corrected chi connectivity index (χ1v) is 14.5. The number of nitrogens with zero attached hydrogens (tertiary/aromatic N) is 1. The molecule has 2 aromatic rings. The average Bonchev–Trinajstić information content (AvgIpc) is 2.96. The molecule has 1 heterocycles. The zero-order chi connectivity index (χ0) is 30.6. The Morgan fingerprint density at radius 1 is 0.977 bits per heavy atom. The van der Waals surface area contributed by atoms with Crippen LogP contribution in [0.3, 0.4) is 0 Å². The molecular formula is C32H33N3O8. The van der Waals surface area contributed by atoms with Crippen LogP contribution in [0.1, 0.15) is 48.0 Å². The van der Waals surface area contributed by atoms with Crippen LogP contribution >= 0.6 is 0 Å². The topological polar surface area (TPSA) is 190 Å². The maximum absolute atomic E-state index is 13.8. The number of ketones is 2. The highest BCUT2D eigenvalue weighted by atomic mass is 16.3. The van der Waals surface area contributed by atoms with Crippen LogP contribution in [0.5, 0.6) is 5.75 Å². The number of aliphatic hydroxyl groups excluding tert-OH is 2. The summed E-state index contributed by atoms with van der Waals surface area (Å²) in [5.74, 6) is -6.71. The van der Waals surface area contributed by atoms with Crippen molar-refractivity contribution in [3.8, 4) is 16.9 Å². The Balaban J connectivity index is 1.31. The van der Waals surface area contributed by atoms with E-state index in [1.54, 1.807) is 18.2 Å². The van der Waals surface area contributed by atoms with Crippen LogP contribution in [0.4, 0.5) is 5.69 Å². The van der Waals surface area contributed by atoms with Crippen LogP contribution in [0.25, 0.3) is 11.1 Å². The molecule has 1 saturated heterocycles. The van der Waals surface area contributed by atoms with Crippen molar-refractivity contribution in [1.82, 2.24) is 4.90 Å². The summed E-state index contributed by atoms with van der Waals surface area (Å²) in [5.41, 5.74) is 4.17. The van der Waals surface area contributed by atoms with Crippen LogP contribution in [0.15, 0.2) is 59.1 Å². The van der Waals surface area contributed by atoms with Gasteiger partial charge in [0.2, 0.25) is 11.7 Å². The number of fused-ring (bicyclic) bond motifs is 3. The highest BCUT2D eigenvalue weighted by Crippen LogP contribution is 2.52. The monoisotopic (exact) mass is 587 g/mol. The highest BCUT2D eigenvalue weighted by Gasteiger charge is 2.59. The van der Waals surface area contributed by atoms with Crippen molar-refractivity contribution < 1.29 is 39.6 Å². The Morgan fingerprint density at radius 2 is 1.67 bits per heavy atom. The second-order valence-corrected chi connectivity index (χ2v) is 11.9. The van der Waals surface area contributed by atoms with Crippen molar-refractivity contribution in [1.29, 1.82) is 0 Å². The van der Waals surface area contributed by atoms with Crippen molar-refractivity contribution >= 4 is 29.1 Å².